The van der Waals surface area contributed by atoms with Crippen LogP contribution in [0.3, 0.4) is 0 Å². The van der Waals surface area contributed by atoms with Gasteiger partial charge in [-0.1, -0.05) is 34.5 Å². The number of hydrogen-bond acceptors (Lipinski definition) is 2. The zero-order chi connectivity index (χ0) is 13.1. The van der Waals surface area contributed by atoms with Crippen LogP contribution in [-0.2, 0) is 11.2 Å². The lowest BCUT2D eigenvalue weighted by molar-refractivity contribution is 0.194. The summed E-state index contributed by atoms with van der Waals surface area (Å²) >= 11 is 3.75. The van der Waals surface area contributed by atoms with Crippen LogP contribution in [0.5, 0.6) is 0 Å². The smallest absolute Gasteiger partial charge is 0.0535 e. The molecule has 19 heavy (non-hydrogen) atoms. The summed E-state index contributed by atoms with van der Waals surface area (Å²) in [5.41, 5.74) is 2.85. The molecule has 0 aliphatic carbocycles. The molecule has 2 atom stereocenters. The molecule has 2 fully saturated rings. The van der Waals surface area contributed by atoms with Gasteiger partial charge in [-0.05, 0) is 49.4 Å². The van der Waals surface area contributed by atoms with Gasteiger partial charge in [0.1, 0.15) is 0 Å². The van der Waals surface area contributed by atoms with Gasteiger partial charge in [0.25, 0.3) is 0 Å². The highest BCUT2D eigenvalue weighted by Gasteiger charge is 2.20. The first-order chi connectivity index (χ1) is 9.33. The highest BCUT2D eigenvalue weighted by atomic mass is 79.9. The summed E-state index contributed by atoms with van der Waals surface area (Å²) in [7, 11) is 0. The molecule has 3 rings (SSSR count). The summed E-state index contributed by atoms with van der Waals surface area (Å²) in [6, 6.07) is 7.57. The Morgan fingerprint density at radius 2 is 2.21 bits per heavy atom. The van der Waals surface area contributed by atoms with E-state index in [4.69, 9.17) is 4.74 Å². The van der Waals surface area contributed by atoms with Crippen LogP contribution < -0.4 is 5.32 Å². The summed E-state index contributed by atoms with van der Waals surface area (Å²) in [6.45, 7) is 2.97. The third-order valence-electron chi connectivity index (χ3n) is 4.33. The Morgan fingerprint density at radius 1 is 1.26 bits per heavy atom. The second kappa shape index (κ2) is 6.38. The van der Waals surface area contributed by atoms with Crippen LogP contribution in [0.1, 0.15) is 42.7 Å². The number of benzene rings is 1. The molecule has 1 aromatic rings. The van der Waals surface area contributed by atoms with Crippen LogP contribution in [0.2, 0.25) is 0 Å². The number of ether oxygens (including phenoxy) is 1. The first kappa shape index (κ1) is 13.6. The van der Waals surface area contributed by atoms with Gasteiger partial charge < -0.3 is 10.1 Å². The predicted octanol–water partition coefficient (Wildman–Crippen LogP) is 3.64. The lowest BCUT2D eigenvalue weighted by Crippen LogP contribution is -2.35. The summed E-state index contributed by atoms with van der Waals surface area (Å²) in [4.78, 5) is 0. The molecule has 0 aromatic heterocycles. The van der Waals surface area contributed by atoms with Crippen molar-refractivity contribution in [3.8, 4) is 0 Å². The van der Waals surface area contributed by atoms with Gasteiger partial charge in [-0.3, -0.25) is 0 Å². The molecular formula is C16H22BrNO. The second-order valence-electron chi connectivity index (χ2n) is 5.77. The maximum atomic E-state index is 5.49. The maximum Gasteiger partial charge on any atom is 0.0535 e. The molecule has 0 amide bonds. The first-order valence-corrected chi connectivity index (χ1v) is 8.21. The van der Waals surface area contributed by atoms with Crippen molar-refractivity contribution in [1.82, 2.24) is 5.32 Å². The van der Waals surface area contributed by atoms with Gasteiger partial charge in [0.05, 0.1) is 6.61 Å². The highest BCUT2D eigenvalue weighted by molar-refractivity contribution is 9.10. The van der Waals surface area contributed by atoms with Gasteiger partial charge in [-0.15, -0.1) is 0 Å². The Bertz CT molecular complexity index is 423. The molecule has 0 spiro atoms. The minimum Gasteiger partial charge on any atom is -0.381 e. The van der Waals surface area contributed by atoms with Crippen molar-refractivity contribution in [2.45, 2.75) is 44.1 Å². The molecule has 2 heterocycles. The third kappa shape index (κ3) is 3.39. The molecular weight excluding hydrogens is 302 g/mol. The Kier molecular flexibility index (Phi) is 4.57. The number of halogens is 1. The van der Waals surface area contributed by atoms with Gasteiger partial charge in [-0.25, -0.2) is 0 Å². The first-order valence-electron chi connectivity index (χ1n) is 7.42. The molecule has 0 bridgehead atoms. The van der Waals surface area contributed by atoms with E-state index in [2.05, 4.69) is 39.4 Å². The van der Waals surface area contributed by atoms with E-state index in [0.717, 1.165) is 26.1 Å². The van der Waals surface area contributed by atoms with E-state index in [-0.39, 0.29) is 0 Å². The van der Waals surface area contributed by atoms with Crippen LogP contribution in [0.15, 0.2) is 22.7 Å². The average Bonchev–Trinajstić information content (AvgIpc) is 2.94. The van der Waals surface area contributed by atoms with E-state index in [0.29, 0.717) is 12.0 Å². The van der Waals surface area contributed by atoms with Gasteiger partial charge >= 0.3 is 0 Å². The third-order valence-corrected chi connectivity index (χ3v) is 5.02. The van der Waals surface area contributed by atoms with Crippen LogP contribution in [0.25, 0.3) is 0 Å². The van der Waals surface area contributed by atoms with E-state index in [9.17, 15) is 0 Å². The van der Waals surface area contributed by atoms with Crippen molar-refractivity contribution in [3.05, 3.63) is 33.8 Å². The highest BCUT2D eigenvalue weighted by Crippen LogP contribution is 2.32. The van der Waals surface area contributed by atoms with Gasteiger partial charge in [0, 0.05) is 23.0 Å². The fourth-order valence-corrected chi connectivity index (χ4v) is 3.94. The van der Waals surface area contributed by atoms with Crippen LogP contribution >= 0.6 is 15.9 Å². The van der Waals surface area contributed by atoms with Gasteiger partial charge in [0.15, 0.2) is 0 Å². The Balaban J connectivity index is 1.67. The second-order valence-corrected chi connectivity index (χ2v) is 6.62. The lowest BCUT2D eigenvalue weighted by atomic mass is 9.94. The Labute approximate surface area is 124 Å². The SMILES string of the molecule is Brc1cc(CC2CCCCN2)ccc1C1CCOC1. The van der Waals surface area contributed by atoms with E-state index >= 15 is 0 Å². The standard InChI is InChI=1S/C16H22BrNO/c17-16-10-12(9-14-3-1-2-7-18-14)4-5-15(16)13-6-8-19-11-13/h4-5,10,13-14,18H,1-3,6-9,11H2. The minimum absolute atomic E-state index is 0.580. The number of piperidine rings is 1. The van der Waals surface area contributed by atoms with E-state index < -0.39 is 0 Å². The van der Waals surface area contributed by atoms with Crippen molar-refractivity contribution >= 4 is 15.9 Å². The fourth-order valence-electron chi connectivity index (χ4n) is 3.19. The van der Waals surface area contributed by atoms with E-state index in [1.807, 2.05) is 0 Å². The summed E-state index contributed by atoms with van der Waals surface area (Å²) in [5.74, 6) is 0.580. The van der Waals surface area contributed by atoms with Crippen molar-refractivity contribution in [1.29, 1.82) is 0 Å². The van der Waals surface area contributed by atoms with Gasteiger partial charge in [0.2, 0.25) is 0 Å². The molecule has 2 saturated heterocycles. The molecule has 0 radical (unpaired) electrons. The van der Waals surface area contributed by atoms with Crippen molar-refractivity contribution in [2.24, 2.45) is 0 Å². The maximum absolute atomic E-state index is 5.49. The van der Waals surface area contributed by atoms with Crippen LogP contribution in [0, 0.1) is 0 Å². The monoisotopic (exact) mass is 323 g/mol. The zero-order valence-corrected chi connectivity index (χ0v) is 12.9. The quantitative estimate of drug-likeness (QED) is 0.917. The Morgan fingerprint density at radius 3 is 2.89 bits per heavy atom. The molecule has 1 N–H and O–H groups in total. The number of hydrogen-bond donors (Lipinski definition) is 1. The molecule has 2 unspecified atom stereocenters. The fraction of sp³-hybridized carbons (Fsp3) is 0.625. The average molecular weight is 324 g/mol. The molecule has 2 aliphatic heterocycles. The molecule has 0 saturated carbocycles. The van der Waals surface area contributed by atoms with Crippen LogP contribution in [-0.4, -0.2) is 25.8 Å². The zero-order valence-electron chi connectivity index (χ0n) is 11.3. The lowest BCUT2D eigenvalue weighted by Gasteiger charge is -2.23. The molecule has 2 nitrogen and oxygen atoms in total. The number of nitrogens with one attached hydrogen (secondary N) is 1. The Hall–Kier alpha value is -0.380. The summed E-state index contributed by atoms with van der Waals surface area (Å²) < 4.78 is 6.75. The molecule has 1 aromatic carbocycles. The molecule has 3 heteroatoms. The molecule has 104 valence electrons. The predicted molar refractivity (Wildman–Crippen MR) is 81.7 cm³/mol. The topological polar surface area (TPSA) is 21.3 Å². The summed E-state index contributed by atoms with van der Waals surface area (Å²) in [6.07, 6.45) is 6.33. The number of rotatable bonds is 3. The van der Waals surface area contributed by atoms with Crippen molar-refractivity contribution in [2.75, 3.05) is 19.8 Å². The van der Waals surface area contributed by atoms with E-state index in [1.54, 1.807) is 0 Å². The van der Waals surface area contributed by atoms with Gasteiger partial charge in [-0.2, -0.15) is 0 Å². The van der Waals surface area contributed by atoms with Crippen molar-refractivity contribution < 1.29 is 4.74 Å². The minimum atomic E-state index is 0.580. The van der Waals surface area contributed by atoms with Crippen molar-refractivity contribution in [3.63, 3.8) is 0 Å². The summed E-state index contributed by atoms with van der Waals surface area (Å²) in [5, 5.41) is 3.62. The largest absolute Gasteiger partial charge is 0.381 e. The van der Waals surface area contributed by atoms with E-state index in [1.165, 1.54) is 41.4 Å². The molecule has 2 aliphatic rings. The van der Waals surface area contributed by atoms with Crippen LogP contribution in [0.4, 0.5) is 0 Å². The normalized spacial score (nSPS) is 27.6.